The van der Waals surface area contributed by atoms with Crippen molar-refractivity contribution in [1.29, 1.82) is 0 Å². The smallest absolute Gasteiger partial charge is 0.228 e. The van der Waals surface area contributed by atoms with E-state index in [2.05, 4.69) is 11.8 Å². The minimum atomic E-state index is -0.286. The van der Waals surface area contributed by atoms with Crippen molar-refractivity contribution in [3.8, 4) is 0 Å². The number of benzene rings is 2. The number of hydrogen-bond acceptors (Lipinski definition) is 3. The number of hydrogen-bond donors (Lipinski definition) is 0. The third-order valence-corrected chi connectivity index (χ3v) is 5.91. The lowest BCUT2D eigenvalue weighted by Gasteiger charge is -2.37. The number of amides is 2. The van der Waals surface area contributed by atoms with Crippen LogP contribution in [0.3, 0.4) is 0 Å². The van der Waals surface area contributed by atoms with E-state index in [0.29, 0.717) is 32.7 Å². The molecule has 4 rings (SSSR count). The van der Waals surface area contributed by atoms with Crippen molar-refractivity contribution in [2.75, 3.05) is 42.5 Å². The summed E-state index contributed by atoms with van der Waals surface area (Å²) in [5, 5.41) is 0. The van der Waals surface area contributed by atoms with Gasteiger partial charge in [0.1, 0.15) is 5.82 Å². The summed E-state index contributed by atoms with van der Waals surface area (Å²) < 4.78 is 13.1. The molecule has 152 valence electrons. The number of carbonyl (C=O) groups is 2. The Morgan fingerprint density at radius 3 is 2.21 bits per heavy atom. The van der Waals surface area contributed by atoms with Crippen LogP contribution in [0, 0.1) is 11.7 Å². The van der Waals surface area contributed by atoms with Crippen molar-refractivity contribution in [2.45, 2.75) is 19.8 Å². The highest BCUT2D eigenvalue weighted by molar-refractivity contribution is 6.00. The Hall–Kier alpha value is -2.89. The monoisotopic (exact) mass is 395 g/mol. The van der Waals surface area contributed by atoms with Crippen LogP contribution in [0.15, 0.2) is 48.5 Å². The molecule has 0 spiro atoms. The van der Waals surface area contributed by atoms with Gasteiger partial charge in [0.15, 0.2) is 0 Å². The zero-order valence-corrected chi connectivity index (χ0v) is 16.7. The molecule has 0 aromatic heterocycles. The van der Waals surface area contributed by atoms with Crippen LogP contribution in [0.1, 0.15) is 18.9 Å². The van der Waals surface area contributed by atoms with E-state index in [1.807, 2.05) is 29.2 Å². The topological polar surface area (TPSA) is 43.9 Å². The summed E-state index contributed by atoms with van der Waals surface area (Å²) in [4.78, 5) is 31.3. The molecule has 0 bridgehead atoms. The summed E-state index contributed by atoms with van der Waals surface area (Å²) in [6.45, 7) is 5.19. The fourth-order valence-corrected chi connectivity index (χ4v) is 4.13. The molecule has 2 amide bonds. The lowest BCUT2D eigenvalue weighted by Crippen LogP contribution is -2.50. The van der Waals surface area contributed by atoms with Gasteiger partial charge in [-0.1, -0.05) is 19.1 Å². The van der Waals surface area contributed by atoms with Gasteiger partial charge in [-0.15, -0.1) is 0 Å². The van der Waals surface area contributed by atoms with Gasteiger partial charge in [0.2, 0.25) is 11.8 Å². The van der Waals surface area contributed by atoms with E-state index in [9.17, 15) is 14.0 Å². The van der Waals surface area contributed by atoms with Gasteiger partial charge >= 0.3 is 0 Å². The van der Waals surface area contributed by atoms with E-state index in [1.165, 1.54) is 17.7 Å². The van der Waals surface area contributed by atoms with Crippen molar-refractivity contribution >= 4 is 23.2 Å². The summed E-state index contributed by atoms with van der Waals surface area (Å²) in [5.74, 6) is -0.463. The van der Waals surface area contributed by atoms with Crippen LogP contribution in [0.5, 0.6) is 0 Å². The molecule has 2 heterocycles. The summed E-state index contributed by atoms with van der Waals surface area (Å²) in [6.07, 6.45) is 1.23. The largest absolute Gasteiger partial charge is 0.368 e. The molecule has 2 saturated heterocycles. The van der Waals surface area contributed by atoms with Gasteiger partial charge in [-0.05, 0) is 48.4 Å². The van der Waals surface area contributed by atoms with Gasteiger partial charge in [-0.2, -0.15) is 0 Å². The van der Waals surface area contributed by atoms with E-state index in [4.69, 9.17) is 0 Å². The zero-order chi connectivity index (χ0) is 20.4. The van der Waals surface area contributed by atoms with Crippen LogP contribution in [-0.4, -0.2) is 49.4 Å². The highest BCUT2D eigenvalue weighted by atomic mass is 19.1. The Morgan fingerprint density at radius 1 is 0.966 bits per heavy atom. The molecule has 2 fully saturated rings. The Bertz CT molecular complexity index is 874. The number of rotatable bonds is 4. The Labute approximate surface area is 170 Å². The maximum absolute atomic E-state index is 13.1. The van der Waals surface area contributed by atoms with Crippen LogP contribution in [0.4, 0.5) is 15.8 Å². The number of piperazine rings is 1. The molecule has 2 aliphatic rings. The van der Waals surface area contributed by atoms with Crippen LogP contribution < -0.4 is 9.80 Å². The van der Waals surface area contributed by atoms with Gasteiger partial charge < -0.3 is 14.7 Å². The lowest BCUT2D eigenvalue weighted by atomic mass is 10.1. The minimum absolute atomic E-state index is 0.0116. The first-order chi connectivity index (χ1) is 14.0. The fraction of sp³-hybridized carbons (Fsp3) is 0.391. The van der Waals surface area contributed by atoms with Crippen molar-refractivity contribution in [3.63, 3.8) is 0 Å². The van der Waals surface area contributed by atoms with Crippen LogP contribution in [0.25, 0.3) is 0 Å². The first-order valence-corrected chi connectivity index (χ1v) is 10.2. The molecule has 5 nitrogen and oxygen atoms in total. The minimum Gasteiger partial charge on any atom is -0.368 e. The number of nitrogens with zero attached hydrogens (tertiary/aromatic N) is 3. The van der Waals surface area contributed by atoms with Crippen molar-refractivity contribution in [2.24, 2.45) is 5.92 Å². The third-order valence-electron chi connectivity index (χ3n) is 5.91. The number of halogens is 1. The summed E-state index contributed by atoms with van der Waals surface area (Å²) in [6, 6.07) is 14.4. The van der Waals surface area contributed by atoms with Crippen LogP contribution in [0.2, 0.25) is 0 Å². The molecule has 0 aliphatic carbocycles. The molecule has 29 heavy (non-hydrogen) atoms. The molecular formula is C23H26FN3O2. The Morgan fingerprint density at radius 2 is 1.59 bits per heavy atom. The number of aryl methyl sites for hydroxylation is 1. The highest BCUT2D eigenvalue weighted by Gasteiger charge is 2.37. The maximum Gasteiger partial charge on any atom is 0.228 e. The summed E-state index contributed by atoms with van der Waals surface area (Å²) in [5.41, 5.74) is 3.06. The van der Waals surface area contributed by atoms with Gasteiger partial charge in [0.05, 0.1) is 5.92 Å². The second-order valence-electron chi connectivity index (χ2n) is 7.71. The predicted octanol–water partition coefficient (Wildman–Crippen LogP) is 3.09. The second-order valence-corrected chi connectivity index (χ2v) is 7.71. The van der Waals surface area contributed by atoms with Crippen LogP contribution >= 0.6 is 0 Å². The lowest BCUT2D eigenvalue weighted by molar-refractivity contribution is -0.136. The molecule has 0 N–H and O–H groups in total. The van der Waals surface area contributed by atoms with Gasteiger partial charge in [-0.3, -0.25) is 9.59 Å². The van der Waals surface area contributed by atoms with Crippen molar-refractivity contribution in [3.05, 3.63) is 59.9 Å². The number of carbonyl (C=O) groups excluding carboxylic acids is 2. The summed E-state index contributed by atoms with van der Waals surface area (Å²) >= 11 is 0. The quantitative estimate of drug-likeness (QED) is 0.799. The van der Waals surface area contributed by atoms with Crippen molar-refractivity contribution < 1.29 is 14.0 Å². The molecule has 2 aromatic rings. The van der Waals surface area contributed by atoms with E-state index < -0.39 is 0 Å². The Kier molecular flexibility index (Phi) is 5.51. The first kappa shape index (κ1) is 19.4. The predicted molar refractivity (Wildman–Crippen MR) is 111 cm³/mol. The van der Waals surface area contributed by atoms with E-state index >= 15 is 0 Å². The fourth-order valence-electron chi connectivity index (χ4n) is 4.13. The molecule has 6 heteroatoms. The van der Waals surface area contributed by atoms with Gasteiger partial charge in [0.25, 0.3) is 0 Å². The van der Waals surface area contributed by atoms with Gasteiger partial charge in [-0.25, -0.2) is 4.39 Å². The molecular weight excluding hydrogens is 369 g/mol. The summed E-state index contributed by atoms with van der Waals surface area (Å²) in [7, 11) is 0. The molecule has 0 unspecified atom stereocenters. The molecule has 2 aliphatic heterocycles. The third kappa shape index (κ3) is 4.11. The highest BCUT2D eigenvalue weighted by Crippen LogP contribution is 2.27. The van der Waals surface area contributed by atoms with Crippen LogP contribution in [-0.2, 0) is 16.0 Å². The average molecular weight is 395 g/mol. The molecule has 0 saturated carbocycles. The maximum atomic E-state index is 13.1. The molecule has 1 atom stereocenters. The molecule has 2 aromatic carbocycles. The molecule has 0 radical (unpaired) electrons. The SMILES string of the molecule is CCc1ccc(N2C[C@H](C(=O)N3CCN(c4ccc(F)cc4)CC3)CC2=O)cc1. The van der Waals surface area contributed by atoms with E-state index in [1.54, 1.807) is 17.0 Å². The second kappa shape index (κ2) is 8.23. The van der Waals surface area contributed by atoms with E-state index in [-0.39, 0.29) is 30.0 Å². The number of anilines is 2. The van der Waals surface area contributed by atoms with Crippen molar-refractivity contribution in [1.82, 2.24) is 4.90 Å². The average Bonchev–Trinajstić information content (AvgIpc) is 3.15. The van der Waals surface area contributed by atoms with E-state index in [0.717, 1.165) is 17.8 Å². The standard InChI is InChI=1S/C23H26FN3O2/c1-2-17-3-7-21(8-4-17)27-16-18(15-22(27)28)23(29)26-13-11-25(12-14-26)20-9-5-19(24)6-10-20/h3-10,18H,2,11-16H2,1H3/t18-/m1/s1. The normalized spacial score (nSPS) is 19.7. The first-order valence-electron chi connectivity index (χ1n) is 10.2. The zero-order valence-electron chi connectivity index (χ0n) is 16.7. The Balaban J connectivity index is 1.35. The van der Waals surface area contributed by atoms with Gasteiger partial charge in [0, 0.05) is 50.5 Å².